The minimum atomic E-state index is -0.207. The fourth-order valence-corrected chi connectivity index (χ4v) is 3.15. The zero-order valence-corrected chi connectivity index (χ0v) is 15.1. The number of carbonyl (C=O) groups excluding carboxylic acids is 1. The van der Waals surface area contributed by atoms with Crippen LogP contribution in [0.4, 0.5) is 0 Å². The van der Waals surface area contributed by atoms with Crippen LogP contribution in [0, 0.1) is 0 Å². The van der Waals surface area contributed by atoms with Crippen molar-refractivity contribution in [3.63, 3.8) is 0 Å². The summed E-state index contributed by atoms with van der Waals surface area (Å²) >= 11 is 12.1. The van der Waals surface area contributed by atoms with Crippen LogP contribution in [0.5, 0.6) is 0 Å². The van der Waals surface area contributed by atoms with E-state index in [1.54, 1.807) is 23.0 Å². The van der Waals surface area contributed by atoms with E-state index in [1.165, 1.54) is 0 Å². The highest BCUT2D eigenvalue weighted by atomic mass is 35.5. The summed E-state index contributed by atoms with van der Waals surface area (Å²) in [5.41, 5.74) is 2.63. The van der Waals surface area contributed by atoms with Gasteiger partial charge in [0.15, 0.2) is 0 Å². The molecule has 0 bridgehead atoms. The van der Waals surface area contributed by atoms with Gasteiger partial charge in [0.2, 0.25) is 5.91 Å². The Morgan fingerprint density at radius 2 is 1.96 bits per heavy atom. The second kappa shape index (κ2) is 7.72. The average molecular weight is 374 g/mol. The molecule has 1 atom stereocenters. The Labute approximate surface area is 156 Å². The Balaban J connectivity index is 1.64. The van der Waals surface area contributed by atoms with E-state index in [0.29, 0.717) is 10.0 Å². The fourth-order valence-electron chi connectivity index (χ4n) is 2.58. The molecule has 4 nitrogen and oxygen atoms in total. The van der Waals surface area contributed by atoms with Crippen molar-refractivity contribution in [3.8, 4) is 5.69 Å². The molecule has 3 rings (SSSR count). The lowest BCUT2D eigenvalue weighted by Crippen LogP contribution is -2.28. The van der Waals surface area contributed by atoms with Gasteiger partial charge in [0.1, 0.15) is 0 Å². The summed E-state index contributed by atoms with van der Waals surface area (Å²) in [4.78, 5) is 12.3. The SMILES string of the molecule is C[C@@H](NC(=O)Cc1cnn(-c2ccccc2)c1)c1ccc(Cl)cc1Cl. The van der Waals surface area contributed by atoms with Gasteiger partial charge in [-0.25, -0.2) is 4.68 Å². The smallest absolute Gasteiger partial charge is 0.225 e. The van der Waals surface area contributed by atoms with Gasteiger partial charge in [-0.2, -0.15) is 5.10 Å². The summed E-state index contributed by atoms with van der Waals surface area (Å²) in [5, 5.41) is 8.36. The molecule has 6 heteroatoms. The molecule has 0 radical (unpaired) electrons. The van der Waals surface area contributed by atoms with Gasteiger partial charge in [0.25, 0.3) is 0 Å². The predicted molar refractivity (Wildman–Crippen MR) is 100 cm³/mol. The van der Waals surface area contributed by atoms with E-state index >= 15 is 0 Å². The standard InChI is InChI=1S/C19H17Cl2N3O/c1-13(17-8-7-15(20)10-18(17)21)23-19(25)9-14-11-22-24(12-14)16-5-3-2-4-6-16/h2-8,10-13H,9H2,1H3,(H,23,25)/t13-/m1/s1. The maximum Gasteiger partial charge on any atom is 0.225 e. The van der Waals surface area contributed by atoms with E-state index in [4.69, 9.17) is 23.2 Å². The molecule has 128 valence electrons. The predicted octanol–water partition coefficient (Wildman–Crippen LogP) is 4.60. The molecule has 0 saturated heterocycles. The first-order valence-electron chi connectivity index (χ1n) is 7.86. The Morgan fingerprint density at radius 3 is 2.68 bits per heavy atom. The minimum absolute atomic E-state index is 0.0915. The Morgan fingerprint density at radius 1 is 1.20 bits per heavy atom. The van der Waals surface area contributed by atoms with Crippen LogP contribution in [-0.2, 0) is 11.2 Å². The van der Waals surface area contributed by atoms with Crippen molar-refractivity contribution in [3.05, 3.63) is 82.1 Å². The van der Waals surface area contributed by atoms with Crippen LogP contribution in [0.1, 0.15) is 24.1 Å². The van der Waals surface area contributed by atoms with E-state index < -0.39 is 0 Å². The summed E-state index contributed by atoms with van der Waals surface area (Å²) in [6.45, 7) is 1.89. The molecule has 1 amide bonds. The molecule has 1 aromatic heterocycles. The average Bonchev–Trinajstić information content (AvgIpc) is 3.03. The zero-order valence-electron chi connectivity index (χ0n) is 13.6. The van der Waals surface area contributed by atoms with Gasteiger partial charge in [0, 0.05) is 16.2 Å². The number of hydrogen-bond donors (Lipinski definition) is 1. The van der Waals surface area contributed by atoms with Gasteiger partial charge in [0.05, 0.1) is 24.3 Å². The molecule has 1 N–H and O–H groups in total. The van der Waals surface area contributed by atoms with Crippen molar-refractivity contribution in [1.29, 1.82) is 0 Å². The number of para-hydroxylation sites is 1. The van der Waals surface area contributed by atoms with Gasteiger partial charge in [-0.1, -0.05) is 47.5 Å². The maximum absolute atomic E-state index is 12.3. The summed E-state index contributed by atoms with van der Waals surface area (Å²) in [5.74, 6) is -0.0915. The van der Waals surface area contributed by atoms with Gasteiger partial charge in [-0.05, 0) is 42.3 Å². The number of aromatic nitrogens is 2. The second-order valence-electron chi connectivity index (χ2n) is 5.76. The topological polar surface area (TPSA) is 46.9 Å². The molecule has 0 aliphatic heterocycles. The molecule has 0 aliphatic rings. The Hall–Kier alpha value is -2.30. The van der Waals surface area contributed by atoms with Gasteiger partial charge >= 0.3 is 0 Å². The number of hydrogen-bond acceptors (Lipinski definition) is 2. The van der Waals surface area contributed by atoms with E-state index in [1.807, 2.05) is 49.5 Å². The molecule has 0 aliphatic carbocycles. The third kappa shape index (κ3) is 4.41. The third-order valence-electron chi connectivity index (χ3n) is 3.83. The van der Waals surface area contributed by atoms with Crippen LogP contribution in [0.2, 0.25) is 10.0 Å². The van der Waals surface area contributed by atoms with E-state index in [2.05, 4.69) is 10.4 Å². The summed E-state index contributed by atoms with van der Waals surface area (Å²) in [6.07, 6.45) is 3.81. The number of carbonyl (C=O) groups is 1. The van der Waals surface area contributed by atoms with Crippen LogP contribution >= 0.6 is 23.2 Å². The highest BCUT2D eigenvalue weighted by molar-refractivity contribution is 6.35. The van der Waals surface area contributed by atoms with Crippen LogP contribution in [0.15, 0.2) is 60.9 Å². The fraction of sp³-hybridized carbons (Fsp3) is 0.158. The number of nitrogens with zero attached hydrogens (tertiary/aromatic N) is 2. The van der Waals surface area contributed by atoms with Gasteiger partial charge < -0.3 is 5.32 Å². The molecule has 0 spiro atoms. The van der Waals surface area contributed by atoms with Crippen LogP contribution in [0.25, 0.3) is 5.69 Å². The monoisotopic (exact) mass is 373 g/mol. The van der Waals surface area contributed by atoms with Gasteiger partial charge in [-0.3, -0.25) is 4.79 Å². The van der Waals surface area contributed by atoms with Crippen LogP contribution in [0.3, 0.4) is 0 Å². The largest absolute Gasteiger partial charge is 0.349 e. The lowest BCUT2D eigenvalue weighted by atomic mass is 10.1. The molecule has 0 unspecified atom stereocenters. The van der Waals surface area contributed by atoms with Crippen molar-refractivity contribution < 1.29 is 4.79 Å². The third-order valence-corrected chi connectivity index (χ3v) is 4.39. The minimum Gasteiger partial charge on any atom is -0.349 e. The summed E-state index contributed by atoms with van der Waals surface area (Å²) in [7, 11) is 0. The summed E-state index contributed by atoms with van der Waals surface area (Å²) in [6, 6.07) is 14.8. The van der Waals surface area contributed by atoms with Crippen molar-refractivity contribution in [2.75, 3.05) is 0 Å². The highest BCUT2D eigenvalue weighted by Crippen LogP contribution is 2.26. The zero-order chi connectivity index (χ0) is 17.8. The number of benzene rings is 2. The number of rotatable bonds is 5. The number of nitrogens with one attached hydrogen (secondary N) is 1. The lowest BCUT2D eigenvalue weighted by molar-refractivity contribution is -0.121. The quantitative estimate of drug-likeness (QED) is 0.710. The van der Waals surface area contributed by atoms with Crippen LogP contribution < -0.4 is 5.32 Å². The molecule has 25 heavy (non-hydrogen) atoms. The van der Waals surface area contributed by atoms with Crippen molar-refractivity contribution >= 4 is 29.1 Å². The lowest BCUT2D eigenvalue weighted by Gasteiger charge is -2.15. The maximum atomic E-state index is 12.3. The van der Waals surface area contributed by atoms with Crippen molar-refractivity contribution in [2.24, 2.45) is 0 Å². The van der Waals surface area contributed by atoms with Crippen molar-refractivity contribution in [2.45, 2.75) is 19.4 Å². The van der Waals surface area contributed by atoms with Gasteiger partial charge in [-0.15, -0.1) is 0 Å². The molecular formula is C19H17Cl2N3O. The van der Waals surface area contributed by atoms with E-state index in [9.17, 15) is 4.79 Å². The molecule has 3 aromatic rings. The molecule has 0 saturated carbocycles. The number of halogens is 2. The van der Waals surface area contributed by atoms with E-state index in [-0.39, 0.29) is 18.4 Å². The normalized spacial score (nSPS) is 12.0. The summed E-state index contributed by atoms with van der Waals surface area (Å²) < 4.78 is 1.75. The first kappa shape index (κ1) is 17.5. The second-order valence-corrected chi connectivity index (χ2v) is 6.60. The van der Waals surface area contributed by atoms with E-state index in [0.717, 1.165) is 16.8 Å². The Kier molecular flexibility index (Phi) is 5.41. The van der Waals surface area contributed by atoms with Crippen LogP contribution in [-0.4, -0.2) is 15.7 Å². The molecule has 1 heterocycles. The Bertz CT molecular complexity index is 877. The highest BCUT2D eigenvalue weighted by Gasteiger charge is 2.14. The first-order valence-corrected chi connectivity index (χ1v) is 8.62. The van der Waals surface area contributed by atoms with Crippen molar-refractivity contribution in [1.82, 2.24) is 15.1 Å². The molecule has 2 aromatic carbocycles. The molecule has 0 fully saturated rings. The number of amides is 1. The molecular weight excluding hydrogens is 357 g/mol. The first-order chi connectivity index (χ1) is 12.0.